The van der Waals surface area contributed by atoms with Gasteiger partial charge in [0.25, 0.3) is 0 Å². The van der Waals surface area contributed by atoms with Crippen molar-refractivity contribution >= 4 is 15.4 Å². The number of hydrogen-bond donors (Lipinski definition) is 0. The van der Waals surface area contributed by atoms with E-state index in [0.29, 0.717) is 5.92 Å². The van der Waals surface area contributed by atoms with Crippen molar-refractivity contribution in [3.8, 4) is 0 Å². The Bertz CT molecular complexity index is 1400. The van der Waals surface area contributed by atoms with Crippen molar-refractivity contribution in [1.29, 1.82) is 0 Å². The molecular weight excluding hydrogens is 599 g/mol. The van der Waals surface area contributed by atoms with Gasteiger partial charge in [-0.15, -0.1) is 0 Å². The lowest BCUT2D eigenvalue weighted by atomic mass is 9.71. The van der Waals surface area contributed by atoms with Crippen LogP contribution in [0, 0.1) is 5.92 Å². The summed E-state index contributed by atoms with van der Waals surface area (Å²) in [4.78, 5) is 0. The van der Waals surface area contributed by atoms with Crippen molar-refractivity contribution in [3.63, 3.8) is 0 Å². The molecule has 1 aliphatic carbocycles. The molecule has 1 aliphatic heterocycles. The van der Waals surface area contributed by atoms with Crippen molar-refractivity contribution < 1.29 is 23.2 Å². The van der Waals surface area contributed by atoms with E-state index in [2.05, 4.69) is 131 Å². The summed E-state index contributed by atoms with van der Waals surface area (Å²) in [7, 11) is 1.21. The maximum Gasteiger partial charge on any atom is 0.461 e. The van der Waals surface area contributed by atoms with Crippen molar-refractivity contribution in [3.05, 3.63) is 144 Å². The molecule has 0 spiro atoms. The van der Waals surface area contributed by atoms with Gasteiger partial charge in [-0.3, -0.25) is 0 Å². The first-order valence-electron chi connectivity index (χ1n) is 16.9. The summed E-state index contributed by atoms with van der Waals surface area (Å²) < 4.78 is 34.8. The van der Waals surface area contributed by atoms with Gasteiger partial charge >= 0.3 is 7.12 Å². The number of hydrogen-bond acceptors (Lipinski definition) is 5. The van der Waals surface area contributed by atoms with Crippen molar-refractivity contribution in [2.24, 2.45) is 5.92 Å². The fourth-order valence-corrected chi connectivity index (χ4v) is 8.11. The number of rotatable bonds is 12. The molecule has 5 nitrogen and oxygen atoms in total. The van der Waals surface area contributed by atoms with E-state index in [1.165, 1.54) is 0 Å². The monoisotopic (exact) mass is 648 g/mol. The van der Waals surface area contributed by atoms with E-state index in [-0.39, 0.29) is 10.9 Å². The van der Waals surface area contributed by atoms with Crippen molar-refractivity contribution in [2.45, 2.75) is 74.6 Å². The van der Waals surface area contributed by atoms with Gasteiger partial charge in [0.15, 0.2) is 8.32 Å². The zero-order valence-electron chi connectivity index (χ0n) is 28.9. The van der Waals surface area contributed by atoms with Crippen LogP contribution in [0.25, 0.3) is 0 Å². The molecular formula is C40H49BO5Si. The van der Waals surface area contributed by atoms with Gasteiger partial charge in [-0.25, -0.2) is 0 Å². The molecule has 4 atom stereocenters. The molecule has 0 aromatic heterocycles. The summed E-state index contributed by atoms with van der Waals surface area (Å²) in [5, 5.41) is 0.154. The molecule has 2 fully saturated rings. The van der Waals surface area contributed by atoms with Crippen LogP contribution in [0.2, 0.25) is 23.9 Å². The Balaban J connectivity index is 1.48. The first-order valence-corrected chi connectivity index (χ1v) is 19.8. The maximum absolute atomic E-state index is 7.27. The first-order chi connectivity index (χ1) is 22.6. The predicted octanol–water partition coefficient (Wildman–Crippen LogP) is 8.85. The first kappa shape index (κ1) is 33.8. The topological polar surface area (TPSA) is 46.2 Å². The van der Waals surface area contributed by atoms with Gasteiger partial charge in [0.05, 0.1) is 0 Å². The van der Waals surface area contributed by atoms with E-state index in [4.69, 9.17) is 23.2 Å². The Hall–Kier alpha value is -3.04. The highest BCUT2D eigenvalue weighted by atomic mass is 28.4. The highest BCUT2D eigenvalue weighted by Gasteiger charge is 2.65. The van der Waals surface area contributed by atoms with Crippen LogP contribution in [0.1, 0.15) is 49.4 Å². The van der Waals surface area contributed by atoms with Crippen LogP contribution in [0.15, 0.2) is 121 Å². The minimum atomic E-state index is -1.89. The highest BCUT2D eigenvalue weighted by Crippen LogP contribution is 2.56. The molecule has 0 amide bonds. The lowest BCUT2D eigenvalue weighted by molar-refractivity contribution is -0.136. The average molecular weight is 649 g/mol. The highest BCUT2D eigenvalue weighted by molar-refractivity contribution is 6.74. The Morgan fingerprint density at radius 3 is 1.26 bits per heavy atom. The van der Waals surface area contributed by atoms with E-state index in [9.17, 15) is 0 Å². The Morgan fingerprint density at radius 1 is 0.617 bits per heavy atom. The van der Waals surface area contributed by atoms with Crippen LogP contribution >= 0.6 is 0 Å². The van der Waals surface area contributed by atoms with Crippen LogP contribution < -0.4 is 0 Å². The molecule has 1 heterocycles. The molecule has 0 N–H and O–H groups in total. The van der Waals surface area contributed by atoms with E-state index in [1.807, 2.05) is 24.3 Å². The molecule has 47 heavy (non-hydrogen) atoms. The molecule has 1 saturated heterocycles. The lowest BCUT2D eigenvalue weighted by Gasteiger charge is -2.47. The second-order valence-electron chi connectivity index (χ2n) is 14.6. The van der Waals surface area contributed by atoms with E-state index < -0.39 is 38.8 Å². The predicted molar refractivity (Wildman–Crippen MR) is 192 cm³/mol. The quantitative estimate of drug-likeness (QED) is 0.144. The minimum Gasteiger partial charge on any atom is -0.417 e. The van der Waals surface area contributed by atoms with Gasteiger partial charge in [0.1, 0.15) is 23.4 Å². The second-order valence-corrected chi connectivity index (χ2v) is 19.4. The standard InChI is InChI=1S/C40H49BO5Si/c1-38(2,3)47(6,7)44-29-30-28-35(30)41-45-36(39(42-4,31-20-12-8-13-21-31)32-22-14-9-15-23-32)37(46-41)40(43-5,33-24-16-10-17-25-33)34-26-18-11-19-27-34/h8-27,30,35-37H,28-29H2,1-7H3/t30-,35+,36-,37-/m1/s1. The van der Waals surface area contributed by atoms with Gasteiger partial charge in [0.2, 0.25) is 0 Å². The lowest BCUT2D eigenvalue weighted by Crippen LogP contribution is -2.56. The molecule has 1 saturated carbocycles. The molecule has 2 aliphatic rings. The second kappa shape index (κ2) is 13.5. The molecule has 4 aromatic carbocycles. The minimum absolute atomic E-state index is 0.154. The van der Waals surface area contributed by atoms with Gasteiger partial charge < -0.3 is 23.2 Å². The largest absolute Gasteiger partial charge is 0.461 e. The SMILES string of the molecule is COC(c1ccccc1)(c1ccccc1)[C@@H]1OB([C@H]2C[C@@H]2CO[Si](C)(C)C(C)(C)C)O[C@H]1C(OC)(c1ccccc1)c1ccccc1. The van der Waals surface area contributed by atoms with Crippen LogP contribution in [0.5, 0.6) is 0 Å². The fourth-order valence-electron chi connectivity index (χ4n) is 7.05. The van der Waals surface area contributed by atoms with Gasteiger partial charge in [0, 0.05) is 20.8 Å². The summed E-state index contributed by atoms with van der Waals surface area (Å²) in [6.45, 7) is 12.2. The number of benzene rings is 4. The molecule has 0 radical (unpaired) electrons. The van der Waals surface area contributed by atoms with E-state index in [1.54, 1.807) is 14.2 Å². The van der Waals surface area contributed by atoms with Crippen LogP contribution in [-0.2, 0) is 34.4 Å². The summed E-state index contributed by atoms with van der Waals surface area (Å²) in [5.41, 5.74) is 1.97. The average Bonchev–Trinajstić information content (AvgIpc) is 3.75. The smallest absolute Gasteiger partial charge is 0.417 e. The molecule has 4 aromatic rings. The van der Waals surface area contributed by atoms with Gasteiger partial charge in [-0.05, 0) is 58.5 Å². The van der Waals surface area contributed by atoms with Crippen molar-refractivity contribution in [1.82, 2.24) is 0 Å². The van der Waals surface area contributed by atoms with Crippen LogP contribution in [0.3, 0.4) is 0 Å². The van der Waals surface area contributed by atoms with Crippen LogP contribution in [0.4, 0.5) is 0 Å². The normalized spacial score (nSPS) is 22.0. The van der Waals surface area contributed by atoms with E-state index >= 15 is 0 Å². The maximum atomic E-state index is 7.27. The molecule has 0 unspecified atom stereocenters. The summed E-state index contributed by atoms with van der Waals surface area (Å²) in [6.07, 6.45) is -0.165. The zero-order chi connectivity index (χ0) is 33.3. The molecule has 7 heteroatoms. The van der Waals surface area contributed by atoms with Gasteiger partial charge in [-0.2, -0.15) is 0 Å². The third-order valence-corrected chi connectivity index (χ3v) is 15.4. The molecule has 0 bridgehead atoms. The number of methoxy groups -OCH3 is 2. The third-order valence-electron chi connectivity index (χ3n) is 10.9. The Morgan fingerprint density at radius 2 is 0.957 bits per heavy atom. The zero-order valence-corrected chi connectivity index (χ0v) is 29.9. The van der Waals surface area contributed by atoms with Crippen LogP contribution in [-0.4, -0.2) is 48.5 Å². The summed E-state index contributed by atoms with van der Waals surface area (Å²) in [6, 6.07) is 41.6. The van der Waals surface area contributed by atoms with E-state index in [0.717, 1.165) is 35.3 Å². The molecule has 246 valence electrons. The Kier molecular flexibility index (Phi) is 9.69. The van der Waals surface area contributed by atoms with Crippen molar-refractivity contribution in [2.75, 3.05) is 20.8 Å². The fraction of sp³-hybridized carbons (Fsp3) is 0.400. The van der Waals surface area contributed by atoms with Gasteiger partial charge in [-0.1, -0.05) is 142 Å². The molecule has 6 rings (SSSR count). The summed E-state index contributed by atoms with van der Waals surface area (Å²) >= 11 is 0. The third kappa shape index (κ3) is 6.18. The Labute approximate surface area is 282 Å². The number of ether oxygens (including phenoxy) is 2. The summed E-state index contributed by atoms with van der Waals surface area (Å²) in [5.74, 6) is 0.568.